The summed E-state index contributed by atoms with van der Waals surface area (Å²) >= 11 is 4.22. The Balaban J connectivity index is 2.10. The van der Waals surface area contributed by atoms with Gasteiger partial charge in [0, 0.05) is 27.3 Å². The van der Waals surface area contributed by atoms with Gasteiger partial charge in [-0.05, 0) is 25.1 Å². The van der Waals surface area contributed by atoms with Gasteiger partial charge in [-0.1, -0.05) is 12.8 Å². The van der Waals surface area contributed by atoms with Gasteiger partial charge in [0.25, 0.3) is 0 Å². The lowest BCUT2D eigenvalue weighted by Gasteiger charge is -2.14. The minimum atomic E-state index is 0.252. The molecule has 3 nitrogen and oxygen atoms in total. The van der Waals surface area contributed by atoms with Gasteiger partial charge in [0.2, 0.25) is 0 Å². The molecule has 0 radical (unpaired) electrons. The smallest absolute Gasteiger partial charge is 0.0971 e. The summed E-state index contributed by atoms with van der Waals surface area (Å²) in [6.45, 7) is 3.20. The van der Waals surface area contributed by atoms with Crippen LogP contribution in [0.5, 0.6) is 0 Å². The molecule has 0 aliphatic carbocycles. The minimum Gasteiger partial charge on any atom is -0.377 e. The third-order valence-electron chi connectivity index (χ3n) is 3.28. The predicted octanol–water partition coefficient (Wildman–Crippen LogP) is 1.82. The van der Waals surface area contributed by atoms with E-state index in [0.717, 1.165) is 18.8 Å². The summed E-state index contributed by atoms with van der Waals surface area (Å²) in [6.07, 6.45) is 5.64. The molecule has 0 amide bonds. The highest BCUT2D eigenvalue weighted by Crippen LogP contribution is 2.16. The van der Waals surface area contributed by atoms with Gasteiger partial charge in [0.05, 0.1) is 12.2 Å². The van der Waals surface area contributed by atoms with Gasteiger partial charge in [-0.2, -0.15) is 12.6 Å². The maximum absolute atomic E-state index is 5.41. The van der Waals surface area contributed by atoms with Crippen molar-refractivity contribution >= 4 is 12.6 Å². The molecule has 16 heavy (non-hydrogen) atoms. The molecule has 0 N–H and O–H groups in total. The summed E-state index contributed by atoms with van der Waals surface area (Å²) < 4.78 is 10.8. The first kappa shape index (κ1) is 14.3. The van der Waals surface area contributed by atoms with Crippen LogP contribution in [0.4, 0.5) is 0 Å². The van der Waals surface area contributed by atoms with Gasteiger partial charge in [0.15, 0.2) is 0 Å². The molecule has 2 atom stereocenters. The molecule has 96 valence electrons. The molecule has 1 rings (SSSR count). The summed E-state index contributed by atoms with van der Waals surface area (Å²) in [4.78, 5) is 2.45. The van der Waals surface area contributed by atoms with Crippen molar-refractivity contribution in [3.05, 3.63) is 0 Å². The zero-order valence-electron chi connectivity index (χ0n) is 10.5. The van der Waals surface area contributed by atoms with E-state index in [1.807, 2.05) is 0 Å². The Morgan fingerprint density at radius 3 is 2.06 bits per heavy atom. The SMILES string of the molecule is COC1CN(CCCCCCS)CC1OC. The van der Waals surface area contributed by atoms with E-state index >= 15 is 0 Å². The highest BCUT2D eigenvalue weighted by molar-refractivity contribution is 7.80. The largest absolute Gasteiger partial charge is 0.377 e. The molecule has 0 aromatic carbocycles. The van der Waals surface area contributed by atoms with Crippen LogP contribution in [0.3, 0.4) is 0 Å². The van der Waals surface area contributed by atoms with E-state index in [4.69, 9.17) is 9.47 Å². The first-order valence-corrected chi connectivity index (χ1v) is 6.84. The number of hydrogen-bond acceptors (Lipinski definition) is 4. The minimum absolute atomic E-state index is 0.252. The number of ether oxygens (including phenoxy) is 2. The summed E-state index contributed by atoms with van der Waals surface area (Å²) in [5.74, 6) is 1.02. The Morgan fingerprint density at radius 1 is 1.00 bits per heavy atom. The van der Waals surface area contributed by atoms with E-state index in [0.29, 0.717) is 0 Å². The Hall–Kier alpha value is 0.230. The third kappa shape index (κ3) is 4.62. The van der Waals surface area contributed by atoms with Crippen LogP contribution in [-0.4, -0.2) is 56.7 Å². The monoisotopic (exact) mass is 247 g/mol. The number of methoxy groups -OCH3 is 2. The maximum Gasteiger partial charge on any atom is 0.0971 e. The standard InChI is InChI=1S/C12H25NO2S/c1-14-11-9-13(10-12(11)15-2)7-5-3-4-6-8-16/h11-12,16H,3-10H2,1-2H3. The Labute approximate surface area is 105 Å². The fraction of sp³-hybridized carbons (Fsp3) is 1.00. The van der Waals surface area contributed by atoms with Crippen molar-refractivity contribution in [2.75, 3.05) is 39.6 Å². The Bertz CT molecular complexity index is 168. The zero-order chi connectivity index (χ0) is 11.8. The molecule has 0 aromatic rings. The van der Waals surface area contributed by atoms with E-state index in [9.17, 15) is 0 Å². The number of nitrogens with zero attached hydrogens (tertiary/aromatic N) is 1. The van der Waals surface area contributed by atoms with Crippen LogP contribution in [-0.2, 0) is 9.47 Å². The highest BCUT2D eigenvalue weighted by Gasteiger charge is 2.32. The summed E-state index contributed by atoms with van der Waals surface area (Å²) in [5.41, 5.74) is 0. The van der Waals surface area contributed by atoms with E-state index in [1.54, 1.807) is 14.2 Å². The molecular weight excluding hydrogens is 222 g/mol. The molecule has 1 fully saturated rings. The fourth-order valence-electron chi connectivity index (χ4n) is 2.25. The molecule has 2 unspecified atom stereocenters. The van der Waals surface area contributed by atoms with Crippen LogP contribution in [0.2, 0.25) is 0 Å². The van der Waals surface area contributed by atoms with Crippen LogP contribution in [0.15, 0.2) is 0 Å². The van der Waals surface area contributed by atoms with Gasteiger partial charge in [-0.15, -0.1) is 0 Å². The quantitative estimate of drug-likeness (QED) is 0.522. The number of rotatable bonds is 8. The van der Waals surface area contributed by atoms with E-state index in [-0.39, 0.29) is 12.2 Å². The average Bonchev–Trinajstić information content (AvgIpc) is 2.71. The van der Waals surface area contributed by atoms with Crippen LogP contribution < -0.4 is 0 Å². The fourth-order valence-corrected chi connectivity index (χ4v) is 2.48. The van der Waals surface area contributed by atoms with Crippen LogP contribution in [0.25, 0.3) is 0 Å². The number of thiol groups is 1. The lowest BCUT2D eigenvalue weighted by atomic mass is 10.2. The van der Waals surface area contributed by atoms with Crippen LogP contribution >= 0.6 is 12.6 Å². The van der Waals surface area contributed by atoms with Crippen LogP contribution in [0.1, 0.15) is 25.7 Å². The number of unbranched alkanes of at least 4 members (excludes halogenated alkanes) is 3. The molecule has 1 aliphatic rings. The molecule has 1 saturated heterocycles. The van der Waals surface area contributed by atoms with E-state index < -0.39 is 0 Å². The number of likely N-dealkylation sites (tertiary alicyclic amines) is 1. The molecule has 1 heterocycles. The molecule has 1 aliphatic heterocycles. The van der Waals surface area contributed by atoms with Gasteiger partial charge in [-0.3, -0.25) is 4.90 Å². The van der Waals surface area contributed by atoms with Crippen molar-refractivity contribution < 1.29 is 9.47 Å². The molecule has 0 spiro atoms. The Morgan fingerprint density at radius 2 is 1.56 bits per heavy atom. The first-order valence-electron chi connectivity index (χ1n) is 6.20. The normalized spacial score (nSPS) is 26.4. The maximum atomic E-state index is 5.41. The first-order chi connectivity index (χ1) is 7.81. The summed E-state index contributed by atoms with van der Waals surface area (Å²) in [6, 6.07) is 0. The molecular formula is C12H25NO2S. The number of hydrogen-bond donors (Lipinski definition) is 1. The van der Waals surface area contributed by atoms with Gasteiger partial charge in [-0.25, -0.2) is 0 Å². The topological polar surface area (TPSA) is 21.7 Å². The molecule has 0 aromatic heterocycles. The van der Waals surface area contributed by atoms with Crippen LogP contribution in [0, 0.1) is 0 Å². The second kappa shape index (κ2) is 8.34. The third-order valence-corrected chi connectivity index (χ3v) is 3.60. The second-order valence-electron chi connectivity index (χ2n) is 4.45. The van der Waals surface area contributed by atoms with Crippen molar-refractivity contribution in [3.63, 3.8) is 0 Å². The molecule has 0 bridgehead atoms. The molecule has 0 saturated carbocycles. The summed E-state index contributed by atoms with van der Waals surface area (Å²) in [5, 5.41) is 0. The lowest BCUT2D eigenvalue weighted by molar-refractivity contribution is -0.00461. The van der Waals surface area contributed by atoms with Gasteiger partial charge in [0.1, 0.15) is 0 Å². The van der Waals surface area contributed by atoms with Crippen molar-refractivity contribution in [2.24, 2.45) is 0 Å². The highest BCUT2D eigenvalue weighted by atomic mass is 32.1. The summed E-state index contributed by atoms with van der Waals surface area (Å²) in [7, 11) is 3.54. The van der Waals surface area contributed by atoms with Crippen molar-refractivity contribution in [1.82, 2.24) is 4.90 Å². The second-order valence-corrected chi connectivity index (χ2v) is 4.89. The average molecular weight is 247 g/mol. The van der Waals surface area contributed by atoms with Crippen molar-refractivity contribution in [3.8, 4) is 0 Å². The van der Waals surface area contributed by atoms with Gasteiger partial charge >= 0.3 is 0 Å². The van der Waals surface area contributed by atoms with Crippen molar-refractivity contribution in [1.29, 1.82) is 0 Å². The molecule has 4 heteroatoms. The van der Waals surface area contributed by atoms with E-state index in [1.165, 1.54) is 32.2 Å². The zero-order valence-corrected chi connectivity index (χ0v) is 11.4. The van der Waals surface area contributed by atoms with E-state index in [2.05, 4.69) is 17.5 Å². The lowest BCUT2D eigenvalue weighted by Crippen LogP contribution is -2.27. The Kier molecular flexibility index (Phi) is 7.45. The van der Waals surface area contributed by atoms with Crippen molar-refractivity contribution in [2.45, 2.75) is 37.9 Å². The predicted molar refractivity (Wildman–Crippen MR) is 70.4 cm³/mol. The van der Waals surface area contributed by atoms with Gasteiger partial charge < -0.3 is 9.47 Å².